The molecule has 0 aromatic carbocycles. The van der Waals surface area contributed by atoms with Crippen LogP contribution in [0, 0.1) is 5.92 Å². The molecule has 4 nitrogen and oxygen atoms in total. The van der Waals surface area contributed by atoms with Gasteiger partial charge in [-0.1, -0.05) is 12.2 Å². The Morgan fingerprint density at radius 1 is 1.50 bits per heavy atom. The molecule has 4 N–H and O–H groups in total. The van der Waals surface area contributed by atoms with E-state index in [4.69, 9.17) is 5.84 Å². The summed E-state index contributed by atoms with van der Waals surface area (Å²) in [4.78, 5) is 10.8. The van der Waals surface area contributed by atoms with E-state index in [0.29, 0.717) is 0 Å². The number of dihydropyridines is 1. The Kier molecular flexibility index (Phi) is 2.07. The molecular formula is C6H9N3O. The lowest BCUT2D eigenvalue weighted by Gasteiger charge is -2.08. The third kappa shape index (κ3) is 1.35. The molecule has 0 fully saturated rings. The van der Waals surface area contributed by atoms with Crippen LogP contribution in [0.3, 0.4) is 0 Å². The Morgan fingerprint density at radius 2 is 2.10 bits per heavy atom. The minimum absolute atomic E-state index is 0.200. The fourth-order valence-corrected chi connectivity index (χ4v) is 0.709. The van der Waals surface area contributed by atoms with Crippen molar-refractivity contribution in [3.05, 3.63) is 24.6 Å². The van der Waals surface area contributed by atoms with Crippen molar-refractivity contribution in [1.82, 2.24) is 10.7 Å². The second-order valence-electron chi connectivity index (χ2n) is 1.92. The van der Waals surface area contributed by atoms with E-state index in [0.717, 1.165) is 0 Å². The van der Waals surface area contributed by atoms with Crippen LogP contribution in [0.2, 0.25) is 0 Å². The van der Waals surface area contributed by atoms with Gasteiger partial charge in [0.05, 0.1) is 5.92 Å². The topological polar surface area (TPSA) is 67.1 Å². The van der Waals surface area contributed by atoms with E-state index in [-0.39, 0.29) is 11.8 Å². The number of hydrazine groups is 1. The molecule has 0 aliphatic carbocycles. The number of carbonyl (C=O) groups is 1. The van der Waals surface area contributed by atoms with E-state index < -0.39 is 0 Å². The van der Waals surface area contributed by atoms with Crippen LogP contribution < -0.4 is 16.6 Å². The van der Waals surface area contributed by atoms with Gasteiger partial charge in [0.15, 0.2) is 0 Å². The second-order valence-corrected chi connectivity index (χ2v) is 1.92. The lowest BCUT2D eigenvalue weighted by Crippen LogP contribution is -2.35. The highest BCUT2D eigenvalue weighted by atomic mass is 16.2. The summed E-state index contributed by atoms with van der Waals surface area (Å²) >= 11 is 0. The van der Waals surface area contributed by atoms with Gasteiger partial charge >= 0.3 is 0 Å². The van der Waals surface area contributed by atoms with Gasteiger partial charge in [0.2, 0.25) is 5.91 Å². The number of amides is 1. The summed E-state index contributed by atoms with van der Waals surface area (Å²) in [6.45, 7) is 0. The molecule has 0 saturated carbocycles. The molecule has 1 heterocycles. The third-order valence-electron chi connectivity index (χ3n) is 1.24. The van der Waals surface area contributed by atoms with Gasteiger partial charge in [-0.15, -0.1) is 0 Å². The number of rotatable bonds is 1. The van der Waals surface area contributed by atoms with Crippen molar-refractivity contribution < 1.29 is 4.79 Å². The normalized spacial score (nSPS) is 16.5. The minimum atomic E-state index is -0.230. The molecule has 0 aromatic rings. The number of hydrogen-bond acceptors (Lipinski definition) is 3. The van der Waals surface area contributed by atoms with Crippen LogP contribution in [0.4, 0.5) is 0 Å². The number of nitrogens with one attached hydrogen (secondary N) is 2. The predicted molar refractivity (Wildman–Crippen MR) is 37.2 cm³/mol. The van der Waals surface area contributed by atoms with Gasteiger partial charge in [0.25, 0.3) is 0 Å². The smallest absolute Gasteiger partial charge is 0.244 e. The van der Waals surface area contributed by atoms with E-state index in [1.807, 2.05) is 0 Å². The molecule has 0 saturated heterocycles. The maximum Gasteiger partial charge on any atom is 0.244 e. The molecule has 4 heteroatoms. The summed E-state index contributed by atoms with van der Waals surface area (Å²) in [6, 6.07) is 0. The van der Waals surface area contributed by atoms with E-state index in [2.05, 4.69) is 10.7 Å². The number of nitrogens with two attached hydrogens (primary N) is 1. The first-order valence-electron chi connectivity index (χ1n) is 2.94. The molecule has 0 spiro atoms. The molecular weight excluding hydrogens is 130 g/mol. The molecule has 0 unspecified atom stereocenters. The van der Waals surface area contributed by atoms with Crippen molar-refractivity contribution in [3.8, 4) is 0 Å². The lowest BCUT2D eigenvalue weighted by atomic mass is 10.1. The van der Waals surface area contributed by atoms with Crippen molar-refractivity contribution in [3.63, 3.8) is 0 Å². The van der Waals surface area contributed by atoms with Crippen molar-refractivity contribution in [2.24, 2.45) is 11.8 Å². The molecule has 54 valence electrons. The van der Waals surface area contributed by atoms with Crippen molar-refractivity contribution >= 4 is 5.91 Å². The van der Waals surface area contributed by atoms with E-state index >= 15 is 0 Å². The predicted octanol–water partition coefficient (Wildman–Crippen LogP) is -0.777. The van der Waals surface area contributed by atoms with Gasteiger partial charge in [-0.05, 0) is 12.4 Å². The highest BCUT2D eigenvalue weighted by molar-refractivity contribution is 5.81. The van der Waals surface area contributed by atoms with Gasteiger partial charge in [-0.2, -0.15) is 0 Å². The fourth-order valence-electron chi connectivity index (χ4n) is 0.709. The number of carbonyl (C=O) groups excluding carboxylic acids is 1. The number of hydrogen-bond donors (Lipinski definition) is 3. The van der Waals surface area contributed by atoms with Gasteiger partial charge in [-0.25, -0.2) is 5.84 Å². The van der Waals surface area contributed by atoms with Crippen LogP contribution in [-0.2, 0) is 4.79 Å². The van der Waals surface area contributed by atoms with E-state index in [1.165, 1.54) is 0 Å². The molecule has 0 aromatic heterocycles. The van der Waals surface area contributed by atoms with Crippen LogP contribution >= 0.6 is 0 Å². The van der Waals surface area contributed by atoms with Crippen molar-refractivity contribution in [1.29, 1.82) is 0 Å². The summed E-state index contributed by atoms with van der Waals surface area (Å²) in [5.41, 5.74) is 2.07. The summed E-state index contributed by atoms with van der Waals surface area (Å²) in [7, 11) is 0. The highest BCUT2D eigenvalue weighted by Gasteiger charge is 2.10. The van der Waals surface area contributed by atoms with Crippen LogP contribution in [0.25, 0.3) is 0 Å². The van der Waals surface area contributed by atoms with Crippen LogP contribution in [0.5, 0.6) is 0 Å². The third-order valence-corrected chi connectivity index (χ3v) is 1.24. The highest BCUT2D eigenvalue weighted by Crippen LogP contribution is 2.02. The standard InChI is InChI=1S/C6H9N3O/c7-9-6(10)5-1-3-8-4-2-5/h1-5,8H,7H2,(H,9,10). The van der Waals surface area contributed by atoms with Crippen molar-refractivity contribution in [2.75, 3.05) is 0 Å². The molecule has 0 atom stereocenters. The largest absolute Gasteiger partial charge is 0.368 e. The summed E-state index contributed by atoms with van der Waals surface area (Å²) < 4.78 is 0. The Morgan fingerprint density at radius 3 is 2.60 bits per heavy atom. The first-order valence-corrected chi connectivity index (χ1v) is 2.94. The first kappa shape index (κ1) is 6.82. The second kappa shape index (κ2) is 3.03. The summed E-state index contributed by atoms with van der Waals surface area (Å²) in [5.74, 6) is 4.48. The van der Waals surface area contributed by atoms with Crippen LogP contribution in [0.1, 0.15) is 0 Å². The SMILES string of the molecule is NNC(=O)C1C=CNC=C1. The Balaban J connectivity index is 2.55. The van der Waals surface area contributed by atoms with E-state index in [9.17, 15) is 4.79 Å². The van der Waals surface area contributed by atoms with Crippen molar-refractivity contribution in [2.45, 2.75) is 0 Å². The molecule has 1 aliphatic rings. The average molecular weight is 139 g/mol. The molecule has 0 radical (unpaired) electrons. The average Bonchev–Trinajstić information content (AvgIpc) is 2.05. The molecule has 0 bridgehead atoms. The Bertz CT molecular complexity index is 173. The first-order chi connectivity index (χ1) is 4.84. The van der Waals surface area contributed by atoms with Gasteiger partial charge < -0.3 is 5.32 Å². The molecule has 1 rings (SSSR count). The van der Waals surface area contributed by atoms with Gasteiger partial charge in [0, 0.05) is 0 Å². The maximum atomic E-state index is 10.8. The Labute approximate surface area is 58.8 Å². The molecule has 1 amide bonds. The van der Waals surface area contributed by atoms with Gasteiger partial charge in [0.1, 0.15) is 0 Å². The minimum Gasteiger partial charge on any atom is -0.368 e. The zero-order valence-electron chi connectivity index (χ0n) is 5.37. The Hall–Kier alpha value is -1.29. The zero-order chi connectivity index (χ0) is 7.40. The van der Waals surface area contributed by atoms with Gasteiger partial charge in [-0.3, -0.25) is 10.2 Å². The molecule has 10 heavy (non-hydrogen) atoms. The molecule has 1 aliphatic heterocycles. The van der Waals surface area contributed by atoms with Crippen LogP contribution in [0.15, 0.2) is 24.6 Å². The monoisotopic (exact) mass is 139 g/mol. The quantitative estimate of drug-likeness (QED) is 0.254. The van der Waals surface area contributed by atoms with E-state index in [1.54, 1.807) is 24.6 Å². The summed E-state index contributed by atoms with van der Waals surface area (Å²) in [6.07, 6.45) is 6.84. The summed E-state index contributed by atoms with van der Waals surface area (Å²) in [5, 5.41) is 2.81. The zero-order valence-corrected chi connectivity index (χ0v) is 5.37. The lowest BCUT2D eigenvalue weighted by molar-refractivity contribution is -0.122. The fraction of sp³-hybridized carbons (Fsp3) is 0.167. The van der Waals surface area contributed by atoms with Crippen LogP contribution in [-0.4, -0.2) is 5.91 Å². The maximum absolute atomic E-state index is 10.8.